The summed E-state index contributed by atoms with van der Waals surface area (Å²) in [7, 11) is 0. The van der Waals surface area contributed by atoms with E-state index in [-0.39, 0.29) is 5.75 Å². The van der Waals surface area contributed by atoms with E-state index >= 15 is 0 Å². The minimum atomic E-state index is 0.262. The largest absolute Gasteiger partial charge is 0.508 e. The molecule has 0 unspecified atom stereocenters. The van der Waals surface area contributed by atoms with Crippen LogP contribution in [-0.4, -0.2) is 10.1 Å². The monoisotopic (exact) mass is 311 g/mol. The maximum Gasteiger partial charge on any atom is 0.115 e. The van der Waals surface area contributed by atoms with E-state index in [1.165, 1.54) is 16.7 Å². The predicted molar refractivity (Wildman–Crippen MR) is 99.0 cm³/mol. The van der Waals surface area contributed by atoms with E-state index in [4.69, 9.17) is 4.98 Å². The van der Waals surface area contributed by atoms with Gasteiger partial charge in [-0.1, -0.05) is 42.0 Å². The van der Waals surface area contributed by atoms with Crippen molar-refractivity contribution in [3.05, 3.63) is 84.4 Å². The first-order valence-corrected chi connectivity index (χ1v) is 7.97. The fraction of sp³-hybridized carbons (Fsp3) is 0.0455. The van der Waals surface area contributed by atoms with Gasteiger partial charge in [0.05, 0.1) is 11.2 Å². The second-order valence-corrected chi connectivity index (χ2v) is 5.99. The zero-order chi connectivity index (χ0) is 16.5. The quantitative estimate of drug-likeness (QED) is 0.524. The van der Waals surface area contributed by atoms with Crippen molar-refractivity contribution in [2.45, 2.75) is 6.92 Å². The molecule has 0 aliphatic carbocycles. The number of phenols is 1. The van der Waals surface area contributed by atoms with E-state index in [1.54, 1.807) is 12.1 Å². The normalized spacial score (nSPS) is 10.9. The fourth-order valence-electron chi connectivity index (χ4n) is 2.98. The van der Waals surface area contributed by atoms with Crippen LogP contribution in [0.1, 0.15) is 5.56 Å². The van der Waals surface area contributed by atoms with Crippen LogP contribution in [0.25, 0.3) is 33.3 Å². The number of benzene rings is 3. The molecule has 0 bridgehead atoms. The molecule has 0 atom stereocenters. The standard InChI is InChI=1S/C22H17NO/c1-15-7-12-21-20(13-15)19(16-5-3-2-4-6-16)14-22(23-21)17-8-10-18(24)11-9-17/h2-14,24H,1H3. The number of nitrogens with zero attached hydrogens (tertiary/aromatic N) is 1. The number of rotatable bonds is 2. The molecule has 24 heavy (non-hydrogen) atoms. The minimum Gasteiger partial charge on any atom is -0.508 e. The van der Waals surface area contributed by atoms with Crippen LogP contribution in [0.15, 0.2) is 78.9 Å². The van der Waals surface area contributed by atoms with Crippen molar-refractivity contribution in [3.8, 4) is 28.1 Å². The lowest BCUT2D eigenvalue weighted by atomic mass is 9.97. The summed E-state index contributed by atoms with van der Waals surface area (Å²) in [6.07, 6.45) is 0. The highest BCUT2D eigenvalue weighted by Crippen LogP contribution is 2.32. The SMILES string of the molecule is Cc1ccc2nc(-c3ccc(O)cc3)cc(-c3ccccc3)c2c1. The van der Waals surface area contributed by atoms with Gasteiger partial charge < -0.3 is 5.11 Å². The van der Waals surface area contributed by atoms with Crippen LogP contribution in [0.4, 0.5) is 0 Å². The number of pyridine rings is 1. The van der Waals surface area contributed by atoms with Crippen LogP contribution >= 0.6 is 0 Å². The Morgan fingerprint density at radius 3 is 2.25 bits per heavy atom. The molecule has 1 N–H and O–H groups in total. The van der Waals surface area contributed by atoms with Gasteiger partial charge in [-0.25, -0.2) is 4.98 Å². The van der Waals surface area contributed by atoms with Crippen LogP contribution in [0.5, 0.6) is 5.75 Å². The fourth-order valence-corrected chi connectivity index (χ4v) is 2.98. The van der Waals surface area contributed by atoms with E-state index in [0.717, 1.165) is 22.2 Å². The molecule has 0 amide bonds. The molecule has 0 saturated heterocycles. The zero-order valence-electron chi connectivity index (χ0n) is 13.4. The van der Waals surface area contributed by atoms with E-state index in [9.17, 15) is 5.11 Å². The van der Waals surface area contributed by atoms with Crippen molar-refractivity contribution in [1.29, 1.82) is 0 Å². The molecule has 0 aliphatic rings. The molecule has 0 radical (unpaired) electrons. The minimum absolute atomic E-state index is 0.262. The molecule has 4 aromatic rings. The van der Waals surface area contributed by atoms with Crippen molar-refractivity contribution >= 4 is 10.9 Å². The van der Waals surface area contributed by atoms with Gasteiger partial charge in [0, 0.05) is 10.9 Å². The topological polar surface area (TPSA) is 33.1 Å². The Bertz CT molecular complexity index is 1010. The highest BCUT2D eigenvalue weighted by Gasteiger charge is 2.09. The lowest BCUT2D eigenvalue weighted by Gasteiger charge is -2.11. The molecular formula is C22H17NO. The van der Waals surface area contributed by atoms with Gasteiger partial charge in [0.15, 0.2) is 0 Å². The van der Waals surface area contributed by atoms with Crippen molar-refractivity contribution in [1.82, 2.24) is 4.98 Å². The molecule has 2 nitrogen and oxygen atoms in total. The summed E-state index contributed by atoms with van der Waals surface area (Å²) >= 11 is 0. The molecule has 4 rings (SSSR count). The molecule has 0 saturated carbocycles. The average Bonchev–Trinajstić information content (AvgIpc) is 2.62. The Morgan fingerprint density at radius 2 is 1.50 bits per heavy atom. The van der Waals surface area contributed by atoms with Gasteiger partial charge in [-0.05, 0) is 60.5 Å². The number of aromatic nitrogens is 1. The van der Waals surface area contributed by atoms with E-state index in [1.807, 2.05) is 18.2 Å². The van der Waals surface area contributed by atoms with E-state index in [0.29, 0.717) is 0 Å². The maximum absolute atomic E-state index is 9.52. The summed E-state index contributed by atoms with van der Waals surface area (Å²) in [4.78, 5) is 4.82. The van der Waals surface area contributed by atoms with Gasteiger partial charge >= 0.3 is 0 Å². The number of phenolic OH excluding ortho intramolecular Hbond substituents is 1. The molecule has 0 fully saturated rings. The van der Waals surface area contributed by atoms with Crippen LogP contribution in [0, 0.1) is 6.92 Å². The molecule has 2 heteroatoms. The number of hydrogen-bond acceptors (Lipinski definition) is 2. The van der Waals surface area contributed by atoms with Crippen LogP contribution in [-0.2, 0) is 0 Å². The second kappa shape index (κ2) is 5.82. The van der Waals surface area contributed by atoms with E-state index in [2.05, 4.69) is 55.5 Å². The maximum atomic E-state index is 9.52. The lowest BCUT2D eigenvalue weighted by Crippen LogP contribution is -1.90. The second-order valence-electron chi connectivity index (χ2n) is 5.99. The first kappa shape index (κ1) is 14.5. The van der Waals surface area contributed by atoms with Crippen LogP contribution in [0.3, 0.4) is 0 Å². The predicted octanol–water partition coefficient (Wildman–Crippen LogP) is 5.58. The van der Waals surface area contributed by atoms with E-state index < -0.39 is 0 Å². The lowest BCUT2D eigenvalue weighted by molar-refractivity contribution is 0.475. The van der Waals surface area contributed by atoms with Gasteiger partial charge in [-0.15, -0.1) is 0 Å². The Balaban J connectivity index is 2.00. The van der Waals surface area contributed by atoms with Gasteiger partial charge in [-0.3, -0.25) is 0 Å². The van der Waals surface area contributed by atoms with Crippen LogP contribution < -0.4 is 0 Å². The summed E-state index contributed by atoms with van der Waals surface area (Å²) in [6, 6.07) is 26.0. The summed E-state index contributed by atoms with van der Waals surface area (Å²) < 4.78 is 0. The average molecular weight is 311 g/mol. The van der Waals surface area contributed by atoms with Gasteiger partial charge in [0.2, 0.25) is 0 Å². The highest BCUT2D eigenvalue weighted by molar-refractivity contribution is 5.97. The highest BCUT2D eigenvalue weighted by atomic mass is 16.3. The molecular weight excluding hydrogens is 294 g/mol. The van der Waals surface area contributed by atoms with Gasteiger partial charge in [-0.2, -0.15) is 0 Å². The third-order valence-corrected chi connectivity index (χ3v) is 4.21. The number of hydrogen-bond donors (Lipinski definition) is 1. The summed E-state index contributed by atoms with van der Waals surface area (Å²) in [5, 5.41) is 10.7. The molecule has 0 aliphatic heterocycles. The number of aromatic hydroxyl groups is 1. The Morgan fingerprint density at radius 1 is 0.750 bits per heavy atom. The van der Waals surface area contributed by atoms with Crippen LogP contribution in [0.2, 0.25) is 0 Å². The van der Waals surface area contributed by atoms with Crippen molar-refractivity contribution < 1.29 is 5.11 Å². The summed E-state index contributed by atoms with van der Waals surface area (Å²) in [5.41, 5.74) is 6.45. The third kappa shape index (κ3) is 2.63. The summed E-state index contributed by atoms with van der Waals surface area (Å²) in [6.45, 7) is 2.10. The summed E-state index contributed by atoms with van der Waals surface area (Å²) in [5.74, 6) is 0.262. The Kier molecular flexibility index (Phi) is 3.51. The third-order valence-electron chi connectivity index (χ3n) is 4.21. The van der Waals surface area contributed by atoms with Crippen molar-refractivity contribution in [2.75, 3.05) is 0 Å². The van der Waals surface area contributed by atoms with Gasteiger partial charge in [0.25, 0.3) is 0 Å². The Labute approximate surface area is 141 Å². The molecule has 1 heterocycles. The molecule has 0 spiro atoms. The van der Waals surface area contributed by atoms with Crippen molar-refractivity contribution in [2.24, 2.45) is 0 Å². The Hall–Kier alpha value is -3.13. The first-order valence-electron chi connectivity index (χ1n) is 7.97. The molecule has 116 valence electrons. The van der Waals surface area contributed by atoms with Crippen molar-refractivity contribution in [3.63, 3.8) is 0 Å². The molecule has 1 aromatic heterocycles. The number of aryl methyl sites for hydroxylation is 1. The number of fused-ring (bicyclic) bond motifs is 1. The smallest absolute Gasteiger partial charge is 0.115 e. The first-order chi connectivity index (χ1) is 11.7. The molecule has 3 aromatic carbocycles. The van der Waals surface area contributed by atoms with Gasteiger partial charge in [0.1, 0.15) is 5.75 Å². The zero-order valence-corrected chi connectivity index (χ0v) is 13.4.